The SMILES string of the molecule is NC(=O)C1CCN(c2cc(C(F)(F)F)cc(Cl)n2)C1. The number of alkyl halides is 3. The van der Waals surface area contributed by atoms with E-state index in [4.69, 9.17) is 17.3 Å². The lowest BCUT2D eigenvalue weighted by molar-refractivity contribution is -0.137. The quantitative estimate of drug-likeness (QED) is 0.849. The second kappa shape index (κ2) is 4.88. The second-order valence-electron chi connectivity index (χ2n) is 4.37. The van der Waals surface area contributed by atoms with Gasteiger partial charge in [0.05, 0.1) is 11.5 Å². The van der Waals surface area contributed by atoms with E-state index in [1.165, 1.54) is 0 Å². The molecule has 0 spiro atoms. The Morgan fingerprint density at radius 3 is 2.68 bits per heavy atom. The number of carbonyl (C=O) groups is 1. The standard InChI is InChI=1S/C11H11ClF3N3O/c12-8-3-7(11(13,14)15)4-9(17-8)18-2-1-6(5-18)10(16)19/h3-4,6H,1-2,5H2,(H2,16,19). The van der Waals surface area contributed by atoms with Crippen LogP contribution in [-0.2, 0) is 11.0 Å². The molecule has 1 aromatic rings. The molecule has 104 valence electrons. The molecule has 2 rings (SSSR count). The Balaban J connectivity index is 2.26. The summed E-state index contributed by atoms with van der Waals surface area (Å²) in [5.41, 5.74) is 4.32. The highest BCUT2D eigenvalue weighted by molar-refractivity contribution is 6.29. The Hall–Kier alpha value is -1.50. The highest BCUT2D eigenvalue weighted by Gasteiger charge is 2.33. The third-order valence-electron chi connectivity index (χ3n) is 3.02. The van der Waals surface area contributed by atoms with Gasteiger partial charge in [-0.2, -0.15) is 13.2 Å². The summed E-state index contributed by atoms with van der Waals surface area (Å²) in [4.78, 5) is 16.5. The molecule has 1 aromatic heterocycles. The van der Waals surface area contributed by atoms with Gasteiger partial charge in [-0.1, -0.05) is 11.6 Å². The van der Waals surface area contributed by atoms with Gasteiger partial charge in [-0.15, -0.1) is 0 Å². The van der Waals surface area contributed by atoms with Gasteiger partial charge in [0.25, 0.3) is 0 Å². The number of pyridine rings is 1. The number of halogens is 4. The van der Waals surface area contributed by atoms with Gasteiger partial charge in [0.15, 0.2) is 0 Å². The summed E-state index contributed by atoms with van der Waals surface area (Å²) in [6.07, 6.45) is -3.98. The Morgan fingerprint density at radius 1 is 1.47 bits per heavy atom. The monoisotopic (exact) mass is 293 g/mol. The van der Waals surface area contributed by atoms with Crippen LogP contribution in [0.25, 0.3) is 0 Å². The zero-order valence-corrected chi connectivity index (χ0v) is 10.5. The predicted molar refractivity (Wildman–Crippen MR) is 63.8 cm³/mol. The molecule has 19 heavy (non-hydrogen) atoms. The average molecular weight is 294 g/mol. The van der Waals surface area contributed by atoms with Crippen LogP contribution in [-0.4, -0.2) is 24.0 Å². The molecule has 0 aromatic carbocycles. The lowest BCUT2D eigenvalue weighted by Crippen LogP contribution is -2.27. The van der Waals surface area contributed by atoms with E-state index < -0.39 is 17.6 Å². The number of primary amides is 1. The number of amides is 1. The molecule has 1 fully saturated rings. The van der Waals surface area contributed by atoms with Crippen molar-refractivity contribution in [1.82, 2.24) is 4.98 Å². The van der Waals surface area contributed by atoms with Crippen molar-refractivity contribution in [3.05, 3.63) is 22.8 Å². The van der Waals surface area contributed by atoms with E-state index in [1.807, 2.05) is 0 Å². The Labute approximate surface area is 112 Å². The van der Waals surface area contributed by atoms with Crippen LogP contribution in [0.15, 0.2) is 12.1 Å². The molecule has 0 bridgehead atoms. The van der Waals surface area contributed by atoms with Crippen molar-refractivity contribution in [1.29, 1.82) is 0 Å². The average Bonchev–Trinajstić information content (AvgIpc) is 2.76. The topological polar surface area (TPSA) is 59.2 Å². The van der Waals surface area contributed by atoms with Gasteiger partial charge in [0.1, 0.15) is 11.0 Å². The van der Waals surface area contributed by atoms with Crippen LogP contribution in [0.4, 0.5) is 19.0 Å². The van der Waals surface area contributed by atoms with Crippen molar-refractivity contribution >= 4 is 23.3 Å². The van der Waals surface area contributed by atoms with Crippen LogP contribution in [0.1, 0.15) is 12.0 Å². The molecule has 4 nitrogen and oxygen atoms in total. The molecular formula is C11H11ClF3N3O. The smallest absolute Gasteiger partial charge is 0.369 e. The number of nitrogens with two attached hydrogens (primary N) is 1. The normalized spacial score (nSPS) is 19.8. The summed E-state index contributed by atoms with van der Waals surface area (Å²) >= 11 is 5.60. The maximum absolute atomic E-state index is 12.7. The van der Waals surface area contributed by atoms with Crippen molar-refractivity contribution < 1.29 is 18.0 Å². The maximum atomic E-state index is 12.7. The molecule has 0 saturated carbocycles. The number of aromatic nitrogens is 1. The Morgan fingerprint density at radius 2 is 2.16 bits per heavy atom. The van der Waals surface area contributed by atoms with E-state index in [1.54, 1.807) is 4.90 Å². The van der Waals surface area contributed by atoms with Gasteiger partial charge in [-0.25, -0.2) is 4.98 Å². The first-order valence-electron chi connectivity index (χ1n) is 5.56. The Kier molecular flexibility index (Phi) is 3.58. The number of hydrogen-bond donors (Lipinski definition) is 1. The summed E-state index contributed by atoms with van der Waals surface area (Å²) in [6.45, 7) is 0.693. The zero-order chi connectivity index (χ0) is 14.2. The van der Waals surface area contributed by atoms with Crippen LogP contribution in [0.5, 0.6) is 0 Å². The fraction of sp³-hybridized carbons (Fsp3) is 0.455. The first-order chi connectivity index (χ1) is 8.77. The minimum absolute atomic E-state index is 0.114. The third-order valence-corrected chi connectivity index (χ3v) is 3.22. The summed E-state index contributed by atoms with van der Waals surface area (Å²) in [6, 6.07) is 1.70. The second-order valence-corrected chi connectivity index (χ2v) is 4.76. The number of nitrogens with zero attached hydrogens (tertiary/aromatic N) is 2. The lowest BCUT2D eigenvalue weighted by Gasteiger charge is -2.18. The van der Waals surface area contributed by atoms with E-state index in [9.17, 15) is 18.0 Å². The molecule has 1 unspecified atom stereocenters. The molecule has 1 atom stereocenters. The maximum Gasteiger partial charge on any atom is 0.416 e. The minimum Gasteiger partial charge on any atom is -0.369 e. The van der Waals surface area contributed by atoms with Crippen molar-refractivity contribution in [3.63, 3.8) is 0 Å². The van der Waals surface area contributed by atoms with Crippen LogP contribution in [0.3, 0.4) is 0 Å². The number of carbonyl (C=O) groups excluding carboxylic acids is 1. The zero-order valence-electron chi connectivity index (χ0n) is 9.75. The summed E-state index contributed by atoms with van der Waals surface area (Å²) in [5, 5.41) is -0.229. The summed E-state index contributed by atoms with van der Waals surface area (Å²) in [7, 11) is 0. The van der Waals surface area contributed by atoms with Crippen molar-refractivity contribution in [2.24, 2.45) is 11.7 Å². The van der Waals surface area contributed by atoms with E-state index >= 15 is 0 Å². The third kappa shape index (κ3) is 3.09. The van der Waals surface area contributed by atoms with Gasteiger partial charge < -0.3 is 10.6 Å². The van der Waals surface area contributed by atoms with E-state index in [2.05, 4.69) is 4.98 Å². The van der Waals surface area contributed by atoms with Crippen LogP contribution < -0.4 is 10.6 Å². The van der Waals surface area contributed by atoms with Crippen LogP contribution in [0.2, 0.25) is 5.15 Å². The van der Waals surface area contributed by atoms with Gasteiger partial charge in [-0.05, 0) is 18.6 Å². The molecule has 0 aliphatic carbocycles. The molecule has 2 N–H and O–H groups in total. The molecule has 1 aliphatic rings. The Bertz CT molecular complexity index is 506. The van der Waals surface area contributed by atoms with E-state index in [0.29, 0.717) is 13.0 Å². The fourth-order valence-electron chi connectivity index (χ4n) is 2.01. The van der Waals surface area contributed by atoms with Gasteiger partial charge >= 0.3 is 6.18 Å². The first-order valence-corrected chi connectivity index (χ1v) is 5.94. The number of anilines is 1. The fourth-order valence-corrected chi connectivity index (χ4v) is 2.21. The van der Waals surface area contributed by atoms with Gasteiger partial charge in [0, 0.05) is 13.1 Å². The van der Waals surface area contributed by atoms with E-state index in [-0.39, 0.29) is 23.4 Å². The predicted octanol–water partition coefficient (Wildman–Crippen LogP) is 2.07. The summed E-state index contributed by atoms with van der Waals surface area (Å²) in [5.74, 6) is -0.709. The molecule has 8 heteroatoms. The van der Waals surface area contributed by atoms with Crippen LogP contribution in [0, 0.1) is 5.92 Å². The van der Waals surface area contributed by atoms with Crippen molar-refractivity contribution in [3.8, 4) is 0 Å². The number of rotatable bonds is 2. The first kappa shape index (κ1) is 13.9. The van der Waals surface area contributed by atoms with E-state index in [0.717, 1.165) is 12.1 Å². The molecule has 1 aliphatic heterocycles. The van der Waals surface area contributed by atoms with Gasteiger partial charge in [0.2, 0.25) is 5.91 Å². The molecule has 2 heterocycles. The minimum atomic E-state index is -4.48. The molecular weight excluding hydrogens is 283 g/mol. The highest BCUT2D eigenvalue weighted by Crippen LogP contribution is 2.33. The largest absolute Gasteiger partial charge is 0.416 e. The highest BCUT2D eigenvalue weighted by atomic mass is 35.5. The molecule has 1 saturated heterocycles. The summed E-state index contributed by atoms with van der Waals surface area (Å²) < 4.78 is 38.0. The van der Waals surface area contributed by atoms with Crippen molar-refractivity contribution in [2.45, 2.75) is 12.6 Å². The van der Waals surface area contributed by atoms with Crippen molar-refractivity contribution in [2.75, 3.05) is 18.0 Å². The number of hydrogen-bond acceptors (Lipinski definition) is 3. The van der Waals surface area contributed by atoms with Crippen LogP contribution >= 0.6 is 11.6 Å². The molecule has 0 radical (unpaired) electrons. The van der Waals surface area contributed by atoms with Gasteiger partial charge in [-0.3, -0.25) is 4.79 Å². The lowest BCUT2D eigenvalue weighted by atomic mass is 10.1. The molecule has 1 amide bonds.